The topological polar surface area (TPSA) is 37.3 Å². The summed E-state index contributed by atoms with van der Waals surface area (Å²) in [5.74, 6) is -0.688. The molecule has 0 bridgehead atoms. The van der Waals surface area contributed by atoms with E-state index in [9.17, 15) is 4.79 Å². The van der Waals surface area contributed by atoms with Crippen molar-refractivity contribution < 1.29 is 9.90 Å². The van der Waals surface area contributed by atoms with Crippen LogP contribution in [0.1, 0.15) is 37.7 Å². The third-order valence-electron chi connectivity index (χ3n) is 3.51. The number of hydrogen-bond acceptors (Lipinski definition) is 2. The minimum absolute atomic E-state index is 0.297. The van der Waals surface area contributed by atoms with Crippen molar-refractivity contribution in [3.63, 3.8) is 0 Å². The Bertz CT molecular complexity index is 564. The number of carboxylic acids is 1. The molecule has 0 spiro atoms. The Morgan fingerprint density at radius 1 is 0.818 bits per heavy atom. The molecule has 0 saturated carbocycles. The quantitative estimate of drug-likeness (QED) is 0.628. The van der Waals surface area contributed by atoms with E-state index in [2.05, 4.69) is 48.5 Å². The zero-order chi connectivity index (χ0) is 15.6. The molecule has 116 valence electrons. The predicted molar refractivity (Wildman–Crippen MR) is 91.4 cm³/mol. The van der Waals surface area contributed by atoms with Crippen molar-refractivity contribution in [2.75, 3.05) is 0 Å². The van der Waals surface area contributed by atoms with Crippen LogP contribution < -0.4 is 0 Å². The summed E-state index contributed by atoms with van der Waals surface area (Å²) < 4.78 is 0. The van der Waals surface area contributed by atoms with Gasteiger partial charge in [0.2, 0.25) is 0 Å². The summed E-state index contributed by atoms with van der Waals surface area (Å²) in [4.78, 5) is 12.9. The van der Waals surface area contributed by atoms with Crippen LogP contribution in [0.15, 0.2) is 64.4 Å². The second kappa shape index (κ2) is 9.31. The smallest absolute Gasteiger partial charge is 0.303 e. The Morgan fingerprint density at radius 3 is 2.14 bits per heavy atom. The van der Waals surface area contributed by atoms with E-state index in [-0.39, 0.29) is 0 Å². The van der Waals surface area contributed by atoms with Gasteiger partial charge in [-0.1, -0.05) is 54.9 Å². The van der Waals surface area contributed by atoms with Gasteiger partial charge in [-0.15, -0.1) is 0 Å². The zero-order valence-electron chi connectivity index (χ0n) is 12.7. The third kappa shape index (κ3) is 6.35. The lowest BCUT2D eigenvalue weighted by atomic mass is 10.1. The lowest BCUT2D eigenvalue weighted by Crippen LogP contribution is -1.94. The highest BCUT2D eigenvalue weighted by Gasteiger charge is 1.99. The minimum Gasteiger partial charge on any atom is -0.481 e. The van der Waals surface area contributed by atoms with Gasteiger partial charge in [-0.2, -0.15) is 0 Å². The van der Waals surface area contributed by atoms with Crippen molar-refractivity contribution in [2.45, 2.75) is 48.3 Å². The standard InChI is InChI=1S/C19H22O2S/c20-19(21)11-7-2-1-4-8-16-12-14-18(15-13-16)22-17-9-5-3-6-10-17/h3,5-6,9-10,12-15H,1-2,4,7-8,11H2,(H,20,21). The fraction of sp³-hybridized carbons (Fsp3) is 0.316. The second-order valence-electron chi connectivity index (χ2n) is 5.37. The molecule has 2 aromatic carbocycles. The summed E-state index contributed by atoms with van der Waals surface area (Å²) in [5, 5.41) is 8.58. The maximum Gasteiger partial charge on any atom is 0.303 e. The third-order valence-corrected chi connectivity index (χ3v) is 4.52. The van der Waals surface area contributed by atoms with Gasteiger partial charge in [0.15, 0.2) is 0 Å². The molecule has 2 rings (SSSR count). The molecule has 2 nitrogen and oxygen atoms in total. The maximum atomic E-state index is 10.4. The monoisotopic (exact) mass is 314 g/mol. The summed E-state index contributed by atoms with van der Waals surface area (Å²) in [6, 6.07) is 19.1. The van der Waals surface area contributed by atoms with E-state index in [0.717, 1.165) is 32.1 Å². The second-order valence-corrected chi connectivity index (χ2v) is 6.51. The van der Waals surface area contributed by atoms with E-state index in [1.807, 2.05) is 6.07 Å². The summed E-state index contributed by atoms with van der Waals surface area (Å²) in [5.41, 5.74) is 1.36. The molecular formula is C19H22O2S. The number of hydrogen-bond donors (Lipinski definition) is 1. The lowest BCUT2D eigenvalue weighted by Gasteiger charge is -2.04. The van der Waals surface area contributed by atoms with E-state index >= 15 is 0 Å². The maximum absolute atomic E-state index is 10.4. The molecule has 0 aliphatic heterocycles. The number of rotatable bonds is 9. The number of aryl methyl sites for hydroxylation is 1. The number of benzene rings is 2. The van der Waals surface area contributed by atoms with E-state index in [4.69, 9.17) is 5.11 Å². The van der Waals surface area contributed by atoms with Crippen LogP contribution >= 0.6 is 11.8 Å². The average Bonchev–Trinajstić information content (AvgIpc) is 2.53. The Balaban J connectivity index is 1.69. The van der Waals surface area contributed by atoms with Crippen molar-refractivity contribution in [2.24, 2.45) is 0 Å². The fourth-order valence-electron chi connectivity index (χ4n) is 2.31. The summed E-state index contributed by atoms with van der Waals surface area (Å²) in [6.45, 7) is 0. The van der Waals surface area contributed by atoms with Gasteiger partial charge < -0.3 is 5.11 Å². The molecule has 1 N–H and O–H groups in total. The predicted octanol–water partition coefficient (Wildman–Crippen LogP) is 5.42. The molecule has 0 saturated heterocycles. The molecule has 22 heavy (non-hydrogen) atoms. The van der Waals surface area contributed by atoms with E-state index < -0.39 is 5.97 Å². The fourth-order valence-corrected chi connectivity index (χ4v) is 3.15. The molecule has 0 aliphatic carbocycles. The highest BCUT2D eigenvalue weighted by atomic mass is 32.2. The first-order chi connectivity index (χ1) is 10.7. The van der Waals surface area contributed by atoms with Crippen LogP contribution in [0.5, 0.6) is 0 Å². The first kappa shape index (κ1) is 16.6. The lowest BCUT2D eigenvalue weighted by molar-refractivity contribution is -0.137. The van der Waals surface area contributed by atoms with Crippen LogP contribution in [-0.2, 0) is 11.2 Å². The molecular weight excluding hydrogens is 292 g/mol. The average molecular weight is 314 g/mol. The number of aliphatic carboxylic acids is 1. The van der Waals surface area contributed by atoms with Gasteiger partial charge in [0.1, 0.15) is 0 Å². The Hall–Kier alpha value is -1.74. The van der Waals surface area contributed by atoms with Gasteiger partial charge >= 0.3 is 5.97 Å². The van der Waals surface area contributed by atoms with Crippen molar-refractivity contribution in [1.82, 2.24) is 0 Å². The molecule has 0 atom stereocenters. The molecule has 3 heteroatoms. The van der Waals surface area contributed by atoms with Crippen LogP contribution in [0.4, 0.5) is 0 Å². The van der Waals surface area contributed by atoms with Crippen LogP contribution in [0.2, 0.25) is 0 Å². The molecule has 0 aliphatic rings. The van der Waals surface area contributed by atoms with Crippen LogP contribution in [0.25, 0.3) is 0 Å². The van der Waals surface area contributed by atoms with E-state index in [1.54, 1.807) is 11.8 Å². The molecule has 0 radical (unpaired) electrons. The molecule has 0 unspecified atom stereocenters. The van der Waals surface area contributed by atoms with Crippen LogP contribution in [0.3, 0.4) is 0 Å². The largest absolute Gasteiger partial charge is 0.481 e. The Kier molecular flexibility index (Phi) is 7.04. The molecule has 0 heterocycles. The minimum atomic E-state index is -0.688. The first-order valence-corrected chi connectivity index (χ1v) is 8.59. The van der Waals surface area contributed by atoms with Crippen LogP contribution in [-0.4, -0.2) is 11.1 Å². The van der Waals surface area contributed by atoms with Gasteiger partial charge in [0.25, 0.3) is 0 Å². The van der Waals surface area contributed by atoms with Crippen molar-refractivity contribution >= 4 is 17.7 Å². The van der Waals surface area contributed by atoms with Crippen molar-refractivity contribution in [3.05, 3.63) is 60.2 Å². The normalized spacial score (nSPS) is 10.5. The van der Waals surface area contributed by atoms with Gasteiger partial charge in [-0.3, -0.25) is 4.79 Å². The highest BCUT2D eigenvalue weighted by Crippen LogP contribution is 2.27. The number of carboxylic acid groups (broad SMARTS) is 1. The van der Waals surface area contributed by atoms with Crippen molar-refractivity contribution in [1.29, 1.82) is 0 Å². The van der Waals surface area contributed by atoms with Gasteiger partial charge in [0.05, 0.1) is 0 Å². The molecule has 0 amide bonds. The number of unbranched alkanes of at least 4 members (excludes halogenated alkanes) is 3. The molecule has 0 fully saturated rings. The molecule has 2 aromatic rings. The van der Waals surface area contributed by atoms with Crippen LogP contribution in [0, 0.1) is 0 Å². The summed E-state index contributed by atoms with van der Waals surface area (Å²) in [6.07, 6.45) is 5.41. The van der Waals surface area contributed by atoms with E-state index in [0.29, 0.717) is 6.42 Å². The van der Waals surface area contributed by atoms with Gasteiger partial charge in [-0.25, -0.2) is 0 Å². The summed E-state index contributed by atoms with van der Waals surface area (Å²) >= 11 is 1.78. The van der Waals surface area contributed by atoms with E-state index in [1.165, 1.54) is 15.4 Å². The Labute approximate surface area is 136 Å². The SMILES string of the molecule is O=C(O)CCCCCCc1ccc(Sc2ccccc2)cc1. The first-order valence-electron chi connectivity index (χ1n) is 7.78. The highest BCUT2D eigenvalue weighted by molar-refractivity contribution is 7.99. The van der Waals surface area contributed by atoms with Gasteiger partial charge in [-0.05, 0) is 49.1 Å². The molecule has 0 aromatic heterocycles. The number of carbonyl (C=O) groups is 1. The summed E-state index contributed by atoms with van der Waals surface area (Å²) in [7, 11) is 0. The zero-order valence-corrected chi connectivity index (χ0v) is 13.5. The van der Waals surface area contributed by atoms with Crippen molar-refractivity contribution in [3.8, 4) is 0 Å². The Morgan fingerprint density at radius 2 is 1.45 bits per heavy atom. The van der Waals surface area contributed by atoms with Gasteiger partial charge in [0, 0.05) is 16.2 Å².